The van der Waals surface area contributed by atoms with Gasteiger partial charge in [0.1, 0.15) is 0 Å². The second-order valence-corrected chi connectivity index (χ2v) is 4.82. The Labute approximate surface area is 116 Å². The van der Waals surface area contributed by atoms with Crippen molar-refractivity contribution in [2.24, 2.45) is 0 Å². The van der Waals surface area contributed by atoms with E-state index in [0.717, 1.165) is 16.3 Å². The van der Waals surface area contributed by atoms with Crippen molar-refractivity contribution in [3.8, 4) is 0 Å². The Morgan fingerprint density at radius 3 is 2.84 bits per heavy atom. The summed E-state index contributed by atoms with van der Waals surface area (Å²) >= 11 is 1.57. The SMILES string of the molecule is CCc1[nH]nc(C(=O)Nc2ccccc2SC)c1N. The molecule has 0 spiro atoms. The van der Waals surface area contributed by atoms with Crippen molar-refractivity contribution in [2.75, 3.05) is 17.3 Å². The maximum Gasteiger partial charge on any atom is 0.278 e. The Morgan fingerprint density at radius 1 is 1.47 bits per heavy atom. The smallest absolute Gasteiger partial charge is 0.278 e. The van der Waals surface area contributed by atoms with Crippen LogP contribution in [0.5, 0.6) is 0 Å². The Bertz CT molecular complexity index is 594. The molecule has 4 N–H and O–H groups in total. The number of carbonyl (C=O) groups excluding carboxylic acids is 1. The van der Waals surface area contributed by atoms with E-state index in [1.807, 2.05) is 37.4 Å². The molecule has 0 saturated heterocycles. The van der Waals surface area contributed by atoms with Gasteiger partial charge in [0.05, 0.1) is 17.1 Å². The Kier molecular flexibility index (Phi) is 4.11. The second-order valence-electron chi connectivity index (χ2n) is 3.97. The number of thioether (sulfide) groups is 1. The van der Waals surface area contributed by atoms with Crippen LogP contribution in [0, 0.1) is 0 Å². The summed E-state index contributed by atoms with van der Waals surface area (Å²) in [4.78, 5) is 13.2. The molecule has 0 saturated carbocycles. The molecular formula is C13H16N4OS. The molecule has 2 aromatic rings. The van der Waals surface area contributed by atoms with Crippen molar-refractivity contribution < 1.29 is 4.79 Å². The van der Waals surface area contributed by atoms with Crippen LogP contribution >= 0.6 is 11.8 Å². The number of hydrogen-bond donors (Lipinski definition) is 3. The highest BCUT2D eigenvalue weighted by atomic mass is 32.2. The molecule has 5 nitrogen and oxygen atoms in total. The van der Waals surface area contributed by atoms with Gasteiger partial charge in [0.15, 0.2) is 5.69 Å². The van der Waals surface area contributed by atoms with Crippen LogP contribution < -0.4 is 11.1 Å². The summed E-state index contributed by atoms with van der Waals surface area (Å²) in [5, 5.41) is 9.58. The second kappa shape index (κ2) is 5.79. The fourth-order valence-corrected chi connectivity index (χ4v) is 2.31. The zero-order valence-corrected chi connectivity index (χ0v) is 11.7. The molecule has 0 fully saturated rings. The van der Waals surface area contributed by atoms with Crippen LogP contribution in [0.4, 0.5) is 11.4 Å². The van der Waals surface area contributed by atoms with Crippen LogP contribution in [0.3, 0.4) is 0 Å². The van der Waals surface area contributed by atoms with Gasteiger partial charge in [0.2, 0.25) is 0 Å². The van der Waals surface area contributed by atoms with Crippen molar-refractivity contribution in [1.82, 2.24) is 10.2 Å². The van der Waals surface area contributed by atoms with E-state index in [9.17, 15) is 4.79 Å². The lowest BCUT2D eigenvalue weighted by Gasteiger charge is -2.08. The highest BCUT2D eigenvalue weighted by Gasteiger charge is 2.17. The van der Waals surface area contributed by atoms with Gasteiger partial charge in [-0.3, -0.25) is 9.89 Å². The molecule has 1 heterocycles. The van der Waals surface area contributed by atoms with Gasteiger partial charge in [-0.15, -0.1) is 11.8 Å². The monoisotopic (exact) mass is 276 g/mol. The summed E-state index contributed by atoms with van der Waals surface area (Å²) in [6.07, 6.45) is 2.68. The van der Waals surface area contributed by atoms with Crippen molar-refractivity contribution in [3.05, 3.63) is 35.7 Å². The highest BCUT2D eigenvalue weighted by molar-refractivity contribution is 7.98. The fraction of sp³-hybridized carbons (Fsp3) is 0.231. The predicted octanol–water partition coefficient (Wildman–Crippen LogP) is 2.53. The van der Waals surface area contributed by atoms with Crippen LogP contribution in [-0.4, -0.2) is 22.4 Å². The number of aromatic nitrogens is 2. The molecule has 1 aromatic carbocycles. The minimum absolute atomic E-state index is 0.243. The molecule has 0 atom stereocenters. The molecule has 6 heteroatoms. The number of benzene rings is 1. The summed E-state index contributed by atoms with van der Waals surface area (Å²) in [6.45, 7) is 1.95. The van der Waals surface area contributed by atoms with E-state index in [-0.39, 0.29) is 11.6 Å². The molecule has 0 bridgehead atoms. The average molecular weight is 276 g/mol. The number of aromatic amines is 1. The van der Waals surface area contributed by atoms with Crippen LogP contribution in [0.1, 0.15) is 23.1 Å². The van der Waals surface area contributed by atoms with E-state index in [2.05, 4.69) is 15.5 Å². The van der Waals surface area contributed by atoms with E-state index in [0.29, 0.717) is 12.1 Å². The highest BCUT2D eigenvalue weighted by Crippen LogP contribution is 2.25. The van der Waals surface area contributed by atoms with Crippen LogP contribution in [0.15, 0.2) is 29.2 Å². The summed E-state index contributed by atoms with van der Waals surface area (Å²) in [7, 11) is 0. The molecule has 19 heavy (non-hydrogen) atoms. The Balaban J connectivity index is 2.23. The molecule has 0 aliphatic heterocycles. The summed E-state index contributed by atoms with van der Waals surface area (Å²) in [6, 6.07) is 7.61. The van der Waals surface area contributed by atoms with E-state index in [1.165, 1.54) is 0 Å². The van der Waals surface area contributed by atoms with E-state index < -0.39 is 0 Å². The molecule has 0 radical (unpaired) electrons. The molecule has 100 valence electrons. The number of carbonyl (C=O) groups is 1. The zero-order chi connectivity index (χ0) is 13.8. The first-order chi connectivity index (χ1) is 9.17. The number of H-pyrrole nitrogens is 1. The van der Waals surface area contributed by atoms with Crippen molar-refractivity contribution >= 4 is 29.0 Å². The number of nitrogens with two attached hydrogens (primary N) is 1. The number of nitrogens with zero attached hydrogens (tertiary/aromatic N) is 1. The van der Waals surface area contributed by atoms with Gasteiger partial charge in [-0.2, -0.15) is 5.10 Å². The van der Waals surface area contributed by atoms with Gasteiger partial charge < -0.3 is 11.1 Å². The molecule has 1 aromatic heterocycles. The van der Waals surface area contributed by atoms with Gasteiger partial charge in [0.25, 0.3) is 5.91 Å². The third-order valence-corrected chi connectivity index (χ3v) is 3.60. The normalized spacial score (nSPS) is 10.4. The molecule has 2 rings (SSSR count). The number of rotatable bonds is 4. The van der Waals surface area contributed by atoms with Gasteiger partial charge in [-0.05, 0) is 24.8 Å². The minimum atomic E-state index is -0.296. The van der Waals surface area contributed by atoms with E-state index >= 15 is 0 Å². The van der Waals surface area contributed by atoms with Crippen LogP contribution in [0.25, 0.3) is 0 Å². The van der Waals surface area contributed by atoms with Crippen LogP contribution in [0.2, 0.25) is 0 Å². The van der Waals surface area contributed by atoms with E-state index in [4.69, 9.17) is 5.73 Å². The summed E-state index contributed by atoms with van der Waals surface area (Å²) in [5.41, 5.74) is 8.09. The zero-order valence-electron chi connectivity index (χ0n) is 10.9. The van der Waals surface area contributed by atoms with Crippen molar-refractivity contribution in [1.29, 1.82) is 0 Å². The number of aryl methyl sites for hydroxylation is 1. The van der Waals surface area contributed by atoms with Crippen molar-refractivity contribution in [2.45, 2.75) is 18.2 Å². The van der Waals surface area contributed by atoms with Gasteiger partial charge in [0, 0.05) is 4.90 Å². The number of para-hydroxylation sites is 1. The molecule has 0 aliphatic carbocycles. The van der Waals surface area contributed by atoms with Gasteiger partial charge >= 0.3 is 0 Å². The lowest BCUT2D eigenvalue weighted by atomic mass is 10.2. The predicted molar refractivity (Wildman–Crippen MR) is 78.6 cm³/mol. The van der Waals surface area contributed by atoms with Gasteiger partial charge in [-0.1, -0.05) is 19.1 Å². The maximum atomic E-state index is 12.1. The largest absolute Gasteiger partial charge is 0.395 e. The molecular weight excluding hydrogens is 260 g/mol. The standard InChI is InChI=1S/C13H16N4OS/c1-3-8-11(14)12(17-16-8)13(18)15-9-6-4-5-7-10(9)19-2/h4-7H,3,14H2,1-2H3,(H,15,18)(H,16,17). The summed E-state index contributed by atoms with van der Waals surface area (Å²) in [5.74, 6) is -0.296. The number of amides is 1. The number of anilines is 2. The maximum absolute atomic E-state index is 12.1. The lowest BCUT2D eigenvalue weighted by molar-refractivity contribution is 0.102. The first-order valence-electron chi connectivity index (χ1n) is 5.94. The van der Waals surface area contributed by atoms with E-state index in [1.54, 1.807) is 11.8 Å². The third-order valence-electron chi connectivity index (χ3n) is 2.81. The number of nitrogen functional groups attached to an aromatic ring is 1. The average Bonchev–Trinajstić information content (AvgIpc) is 2.80. The quantitative estimate of drug-likeness (QED) is 0.749. The lowest BCUT2D eigenvalue weighted by Crippen LogP contribution is -2.14. The minimum Gasteiger partial charge on any atom is -0.395 e. The Hall–Kier alpha value is -1.95. The van der Waals surface area contributed by atoms with Crippen LogP contribution in [-0.2, 0) is 6.42 Å². The van der Waals surface area contributed by atoms with Crippen molar-refractivity contribution in [3.63, 3.8) is 0 Å². The molecule has 1 amide bonds. The Morgan fingerprint density at radius 2 is 2.21 bits per heavy atom. The molecule has 0 unspecified atom stereocenters. The number of hydrogen-bond acceptors (Lipinski definition) is 4. The third kappa shape index (κ3) is 2.73. The first-order valence-corrected chi connectivity index (χ1v) is 7.17. The first kappa shape index (κ1) is 13.5. The molecule has 0 aliphatic rings. The summed E-state index contributed by atoms with van der Waals surface area (Å²) < 4.78 is 0. The number of nitrogens with one attached hydrogen (secondary N) is 2. The van der Waals surface area contributed by atoms with Gasteiger partial charge in [-0.25, -0.2) is 0 Å². The fourth-order valence-electron chi connectivity index (χ4n) is 1.76. The topological polar surface area (TPSA) is 83.8 Å².